The quantitative estimate of drug-likeness (QED) is 0.134. The van der Waals surface area contributed by atoms with E-state index in [1.54, 1.807) is 11.0 Å². The smallest absolute Gasteiger partial charge is 0.346 e. The van der Waals surface area contributed by atoms with Crippen molar-refractivity contribution in [1.82, 2.24) is 34.8 Å². The van der Waals surface area contributed by atoms with Crippen LogP contribution in [0.4, 0.5) is 33.2 Å². The van der Waals surface area contributed by atoms with Crippen molar-refractivity contribution in [3.63, 3.8) is 0 Å². The zero-order valence-electron chi connectivity index (χ0n) is 30.0. The second-order valence-electron chi connectivity index (χ2n) is 15.2. The van der Waals surface area contributed by atoms with E-state index in [9.17, 15) is 18.8 Å². The summed E-state index contributed by atoms with van der Waals surface area (Å²) in [6.45, 7) is 7.23. The maximum Gasteiger partial charge on any atom is 0.346 e. The summed E-state index contributed by atoms with van der Waals surface area (Å²) in [6.07, 6.45) is 3.42. The predicted molar refractivity (Wildman–Crippen MR) is 203 cm³/mol. The van der Waals surface area contributed by atoms with Crippen LogP contribution in [0.3, 0.4) is 0 Å². The van der Waals surface area contributed by atoms with E-state index in [-0.39, 0.29) is 72.4 Å². The number of anilines is 2. The number of carbonyl (C=O) groups is 1. The predicted octanol–water partition coefficient (Wildman–Crippen LogP) is 7.70. The Bertz CT molecular complexity index is 2510. The molecule has 1 amide bonds. The number of aromatic nitrogens is 5. The van der Waals surface area contributed by atoms with Crippen molar-refractivity contribution in [3.05, 3.63) is 64.5 Å². The molecule has 4 aliphatic heterocycles. The highest BCUT2D eigenvalue weighted by molar-refractivity contribution is 7.23. The summed E-state index contributed by atoms with van der Waals surface area (Å²) in [4.78, 5) is 29.3. The number of alkyl halides is 2. The van der Waals surface area contributed by atoms with Crippen molar-refractivity contribution in [2.45, 2.75) is 62.4 Å². The third-order valence-corrected chi connectivity index (χ3v) is 13.2. The molecule has 2 atom stereocenters. The van der Waals surface area contributed by atoms with Gasteiger partial charge in [-0.25, -0.2) is 22.4 Å². The number of amides is 1. The molecule has 0 bridgehead atoms. The molecule has 56 heavy (non-hydrogen) atoms. The fourth-order valence-corrected chi connectivity index (χ4v) is 10.6. The van der Waals surface area contributed by atoms with Crippen molar-refractivity contribution in [1.29, 1.82) is 5.26 Å². The molecule has 4 fully saturated rings. The van der Waals surface area contributed by atoms with Gasteiger partial charge in [0.05, 0.1) is 32.6 Å². The average molecular weight is 807 g/mol. The van der Waals surface area contributed by atoms with Gasteiger partial charge in [-0.3, -0.25) is 4.90 Å². The van der Waals surface area contributed by atoms with Crippen LogP contribution >= 0.6 is 22.9 Å². The first-order valence-corrected chi connectivity index (χ1v) is 19.5. The number of nitrogens with two attached hydrogens (primary N) is 1. The zero-order chi connectivity index (χ0) is 39.1. The molecule has 290 valence electrons. The van der Waals surface area contributed by atoms with Gasteiger partial charge in [0.1, 0.15) is 40.5 Å². The third kappa shape index (κ3) is 5.75. The summed E-state index contributed by atoms with van der Waals surface area (Å²) in [5.74, 6) is -1.08. The zero-order valence-corrected chi connectivity index (χ0v) is 31.6. The van der Waals surface area contributed by atoms with E-state index in [0.717, 1.165) is 66.6 Å². The lowest BCUT2D eigenvalue weighted by Gasteiger charge is -2.44. The number of nitrogen functional groups attached to an aromatic ring is 1. The van der Waals surface area contributed by atoms with Crippen LogP contribution in [0.25, 0.3) is 32.1 Å². The lowest BCUT2D eigenvalue weighted by molar-refractivity contribution is 0.0899. The van der Waals surface area contributed by atoms with Gasteiger partial charge in [-0.15, -0.1) is 16.4 Å². The Morgan fingerprint density at radius 3 is 2.77 bits per heavy atom. The summed E-state index contributed by atoms with van der Waals surface area (Å²) >= 11 is 7.84. The summed E-state index contributed by atoms with van der Waals surface area (Å²) in [5.41, 5.74) is 5.65. The van der Waals surface area contributed by atoms with E-state index in [4.69, 9.17) is 27.1 Å². The number of nitrogens with zero attached hydrogens (tertiary/aromatic N) is 9. The topological polar surface area (TPSA) is 142 Å². The van der Waals surface area contributed by atoms with Gasteiger partial charge in [-0.2, -0.15) is 19.9 Å². The summed E-state index contributed by atoms with van der Waals surface area (Å²) < 4.78 is 66.4. The number of hydrogen-bond donors (Lipinski definition) is 1. The maximum absolute atomic E-state index is 17.3. The molecule has 0 unspecified atom stereocenters. The number of likely N-dealkylation sites (tertiary alicyclic amines) is 1. The van der Waals surface area contributed by atoms with Crippen LogP contribution in [0.5, 0.6) is 6.01 Å². The molecule has 0 aliphatic carbocycles. The number of fused-ring (bicyclic) bond motifs is 3. The highest BCUT2D eigenvalue weighted by atomic mass is 35.5. The molecule has 0 radical (unpaired) electrons. The van der Waals surface area contributed by atoms with Gasteiger partial charge in [0.15, 0.2) is 5.82 Å². The molecule has 5 aromatic rings. The number of hydrogen-bond acceptors (Lipinski definition) is 11. The van der Waals surface area contributed by atoms with Gasteiger partial charge >= 0.3 is 12.0 Å². The fourth-order valence-electron chi connectivity index (χ4n) is 9.32. The van der Waals surface area contributed by atoms with Crippen LogP contribution in [0, 0.1) is 23.0 Å². The number of carbonyl (C=O) groups excluding carboxylic acids is 1. The molecule has 4 aliphatic rings. The Hall–Kier alpha value is -5.05. The normalized spacial score (nSPS) is 22.6. The molecule has 0 saturated carbocycles. The molecule has 4 saturated heterocycles. The SMILES string of the molecule is C=C1CN2CCC[C@@]2(COc2nc(N3CC[C@@]4(CCCCN4C(=O)n4cc(C(F)F)nn4)C3)c3cc(Cl)c(-c4ccc(F)c5sc(N)c(C#N)c45)c(F)c3n2)C1. The van der Waals surface area contributed by atoms with E-state index >= 15 is 8.78 Å². The standard InChI is InChI=1S/C38H35ClF4N10O2S/c1-20-14-38(8-4-10-51(38)16-20)19-55-35-46-30-22(13-24(39)28(29(30)41)21-5-6-25(40)31-27(21)23(15-44)33(45)56-31)34(47-35)50-12-9-37(18-50)7-2-3-11-52(37)36(54)53-17-26(32(42)43)48-49-53/h5-6,13,17,32H,1-4,7-12,14,16,18-19,45H2/t37-,38-/m0/s1. The van der Waals surface area contributed by atoms with E-state index in [1.165, 1.54) is 12.1 Å². The van der Waals surface area contributed by atoms with Crippen LogP contribution in [0.15, 0.2) is 36.5 Å². The Morgan fingerprint density at radius 1 is 1.14 bits per heavy atom. The van der Waals surface area contributed by atoms with Crippen LogP contribution in [-0.2, 0) is 0 Å². The number of rotatable bonds is 6. The lowest BCUT2D eigenvalue weighted by atomic mass is 9.86. The third-order valence-electron chi connectivity index (χ3n) is 11.9. The Morgan fingerprint density at radius 2 is 1.98 bits per heavy atom. The molecule has 3 aromatic heterocycles. The Labute approximate surface area is 327 Å². The molecule has 2 N–H and O–H groups in total. The van der Waals surface area contributed by atoms with Gasteiger partial charge in [0.2, 0.25) is 0 Å². The first kappa shape index (κ1) is 36.6. The largest absolute Gasteiger partial charge is 0.461 e. The van der Waals surface area contributed by atoms with Crippen LogP contribution in [-0.4, -0.2) is 91.2 Å². The average Bonchev–Trinajstić information content (AvgIpc) is 4.01. The number of halogens is 5. The van der Waals surface area contributed by atoms with E-state index < -0.39 is 35.3 Å². The fraction of sp³-hybridized carbons (Fsp3) is 0.421. The number of piperidine rings is 1. The molecular weight excluding hydrogens is 772 g/mol. The van der Waals surface area contributed by atoms with Gasteiger partial charge in [-0.1, -0.05) is 35.0 Å². The van der Waals surface area contributed by atoms with Crippen molar-refractivity contribution in [2.24, 2.45) is 0 Å². The highest BCUT2D eigenvalue weighted by Gasteiger charge is 2.49. The van der Waals surface area contributed by atoms with Gasteiger partial charge < -0.3 is 20.3 Å². The number of benzene rings is 2. The minimum Gasteiger partial charge on any atom is -0.461 e. The number of nitriles is 1. The first-order valence-electron chi connectivity index (χ1n) is 18.3. The van der Waals surface area contributed by atoms with Gasteiger partial charge in [0, 0.05) is 42.5 Å². The number of ether oxygens (including phenoxy) is 1. The Kier molecular flexibility index (Phi) is 8.86. The molecule has 12 nitrogen and oxygen atoms in total. The summed E-state index contributed by atoms with van der Waals surface area (Å²) in [6, 6.07) is 5.53. The van der Waals surface area contributed by atoms with E-state index in [1.807, 2.05) is 11.0 Å². The van der Waals surface area contributed by atoms with Crippen molar-refractivity contribution >= 4 is 60.8 Å². The molecule has 2 aromatic carbocycles. The van der Waals surface area contributed by atoms with Crippen molar-refractivity contribution in [2.75, 3.05) is 50.0 Å². The van der Waals surface area contributed by atoms with Crippen molar-refractivity contribution < 1.29 is 27.1 Å². The monoisotopic (exact) mass is 806 g/mol. The molecule has 18 heteroatoms. The van der Waals surface area contributed by atoms with Gasteiger partial charge in [0.25, 0.3) is 6.43 Å². The molecule has 7 heterocycles. The van der Waals surface area contributed by atoms with E-state index in [2.05, 4.69) is 26.8 Å². The molecule has 1 spiro atoms. The molecular formula is C38H35ClF4N10O2S. The Balaban J connectivity index is 1.15. The summed E-state index contributed by atoms with van der Waals surface area (Å²) in [7, 11) is 0. The van der Waals surface area contributed by atoms with Gasteiger partial charge in [-0.05, 0) is 69.2 Å². The lowest BCUT2D eigenvalue weighted by Crippen LogP contribution is -2.57. The van der Waals surface area contributed by atoms with Crippen molar-refractivity contribution in [3.8, 4) is 23.2 Å². The first-order chi connectivity index (χ1) is 26.9. The highest BCUT2D eigenvalue weighted by Crippen LogP contribution is 2.47. The second-order valence-corrected chi connectivity index (χ2v) is 16.6. The van der Waals surface area contributed by atoms with Crippen LogP contribution in [0.2, 0.25) is 5.02 Å². The minimum absolute atomic E-state index is 0.0197. The second kappa shape index (κ2) is 13.6. The van der Waals surface area contributed by atoms with Crippen LogP contribution in [0.1, 0.15) is 62.6 Å². The summed E-state index contributed by atoms with van der Waals surface area (Å²) in [5, 5.41) is 17.6. The maximum atomic E-state index is 17.3. The van der Waals surface area contributed by atoms with E-state index in [0.29, 0.717) is 38.2 Å². The van der Waals surface area contributed by atoms with Crippen LogP contribution < -0.4 is 15.4 Å². The minimum atomic E-state index is -2.88. The molecule has 9 rings (SSSR count). The number of thiophene rings is 1.